The van der Waals surface area contributed by atoms with E-state index in [1.807, 2.05) is 0 Å². The van der Waals surface area contributed by atoms with E-state index < -0.39 is 0 Å². The molecule has 4 nitrogen and oxygen atoms in total. The summed E-state index contributed by atoms with van der Waals surface area (Å²) in [6, 6.07) is 0. The van der Waals surface area contributed by atoms with Crippen molar-refractivity contribution in [3.05, 3.63) is 0 Å². The zero-order chi connectivity index (χ0) is 13.2. The molecule has 1 aliphatic heterocycles. The van der Waals surface area contributed by atoms with Crippen LogP contribution in [0, 0.1) is 5.92 Å². The van der Waals surface area contributed by atoms with Gasteiger partial charge in [-0.15, -0.1) is 24.8 Å². The second-order valence-electron chi connectivity index (χ2n) is 5.50. The smallest absolute Gasteiger partial charge is 0.220 e. The topological polar surface area (TPSA) is 58.4 Å². The molecule has 0 bridgehead atoms. The van der Waals surface area contributed by atoms with E-state index in [2.05, 4.69) is 17.1 Å². The van der Waals surface area contributed by atoms with Crippen molar-refractivity contribution >= 4 is 30.7 Å². The third-order valence-corrected chi connectivity index (χ3v) is 3.57. The number of hydrogen-bond donors (Lipinski definition) is 2. The molecule has 1 atom stereocenters. The number of unbranched alkanes of at least 4 members (excludes halogenated alkanes) is 1. The molecule has 3 N–H and O–H groups in total. The third-order valence-electron chi connectivity index (χ3n) is 3.57. The highest BCUT2D eigenvalue weighted by Crippen LogP contribution is 2.15. The zero-order valence-electron chi connectivity index (χ0n) is 12.6. The lowest BCUT2D eigenvalue weighted by molar-refractivity contribution is -0.121. The molecule has 0 aromatic heterocycles. The number of nitrogens with zero attached hydrogens (tertiary/aromatic N) is 1. The van der Waals surface area contributed by atoms with Crippen molar-refractivity contribution in [1.29, 1.82) is 0 Å². The molecule has 0 radical (unpaired) electrons. The maximum Gasteiger partial charge on any atom is 0.220 e. The standard InChI is InChI=1S/C14H29N3O.2ClH/c1-13-6-5-11-17(12-13)10-3-2-9-16-14(18)7-4-8-15;;/h13H,2-12,15H2,1H3,(H,16,18);2*1H. The number of nitrogens with two attached hydrogens (primary N) is 1. The second kappa shape index (κ2) is 13.9. The van der Waals surface area contributed by atoms with E-state index in [0.717, 1.165) is 25.3 Å². The summed E-state index contributed by atoms with van der Waals surface area (Å²) in [5, 5.41) is 2.95. The van der Waals surface area contributed by atoms with Crippen LogP contribution in [0.25, 0.3) is 0 Å². The van der Waals surface area contributed by atoms with Crippen LogP contribution in [-0.2, 0) is 4.79 Å². The minimum atomic E-state index is 0. The quantitative estimate of drug-likeness (QED) is 0.672. The van der Waals surface area contributed by atoms with Gasteiger partial charge in [-0.1, -0.05) is 6.92 Å². The fraction of sp³-hybridized carbons (Fsp3) is 0.929. The van der Waals surface area contributed by atoms with Crippen LogP contribution in [0.5, 0.6) is 0 Å². The molecule has 1 aliphatic rings. The van der Waals surface area contributed by atoms with Crippen LogP contribution in [0.15, 0.2) is 0 Å². The van der Waals surface area contributed by atoms with E-state index >= 15 is 0 Å². The van der Waals surface area contributed by atoms with Crippen LogP contribution >= 0.6 is 24.8 Å². The average molecular weight is 328 g/mol. The van der Waals surface area contributed by atoms with Crippen LogP contribution in [-0.4, -0.2) is 43.5 Å². The number of halogens is 2. The number of hydrogen-bond acceptors (Lipinski definition) is 3. The number of carbonyl (C=O) groups excluding carboxylic acids is 1. The molecule has 0 aromatic rings. The molecule has 1 unspecified atom stereocenters. The summed E-state index contributed by atoms with van der Waals surface area (Å²) in [6.45, 7) is 7.44. The lowest BCUT2D eigenvalue weighted by Gasteiger charge is -2.30. The lowest BCUT2D eigenvalue weighted by atomic mass is 10.0. The van der Waals surface area contributed by atoms with Gasteiger partial charge in [0, 0.05) is 19.5 Å². The Bertz CT molecular complexity index is 242. The van der Waals surface area contributed by atoms with Crippen molar-refractivity contribution in [2.45, 2.75) is 45.4 Å². The van der Waals surface area contributed by atoms with Gasteiger partial charge in [0.05, 0.1) is 0 Å². The van der Waals surface area contributed by atoms with Crippen LogP contribution in [0.2, 0.25) is 0 Å². The van der Waals surface area contributed by atoms with Gasteiger partial charge < -0.3 is 16.0 Å². The van der Waals surface area contributed by atoms with Gasteiger partial charge in [-0.25, -0.2) is 0 Å². The van der Waals surface area contributed by atoms with Crippen molar-refractivity contribution in [1.82, 2.24) is 10.2 Å². The minimum Gasteiger partial charge on any atom is -0.356 e. The summed E-state index contributed by atoms with van der Waals surface area (Å²) in [7, 11) is 0. The van der Waals surface area contributed by atoms with Crippen LogP contribution in [0.4, 0.5) is 0 Å². The van der Waals surface area contributed by atoms with Crippen molar-refractivity contribution < 1.29 is 4.79 Å². The molecule has 20 heavy (non-hydrogen) atoms. The SMILES string of the molecule is CC1CCCN(CCCCNC(=O)CCCN)C1.Cl.Cl. The Morgan fingerprint density at radius 1 is 1.30 bits per heavy atom. The highest BCUT2D eigenvalue weighted by molar-refractivity contribution is 5.85. The maximum atomic E-state index is 11.3. The van der Waals surface area contributed by atoms with Gasteiger partial charge in [0.15, 0.2) is 0 Å². The van der Waals surface area contributed by atoms with Gasteiger partial charge in [-0.3, -0.25) is 4.79 Å². The lowest BCUT2D eigenvalue weighted by Crippen LogP contribution is -2.35. The molecule has 1 heterocycles. The van der Waals surface area contributed by atoms with Gasteiger partial charge in [0.1, 0.15) is 0 Å². The van der Waals surface area contributed by atoms with Gasteiger partial charge in [0.2, 0.25) is 5.91 Å². The van der Waals surface area contributed by atoms with Crippen molar-refractivity contribution in [2.75, 3.05) is 32.7 Å². The van der Waals surface area contributed by atoms with E-state index in [1.165, 1.54) is 38.9 Å². The van der Waals surface area contributed by atoms with E-state index in [9.17, 15) is 4.79 Å². The molecule has 1 amide bonds. The molecule has 6 heteroatoms. The van der Waals surface area contributed by atoms with Crippen LogP contribution < -0.4 is 11.1 Å². The number of carbonyl (C=O) groups is 1. The molecule has 122 valence electrons. The first-order valence-corrected chi connectivity index (χ1v) is 7.41. The van der Waals surface area contributed by atoms with E-state index in [1.54, 1.807) is 0 Å². The Kier molecular flexibility index (Phi) is 15.5. The fourth-order valence-electron chi connectivity index (χ4n) is 2.53. The summed E-state index contributed by atoms with van der Waals surface area (Å²) < 4.78 is 0. The zero-order valence-corrected chi connectivity index (χ0v) is 14.2. The van der Waals surface area contributed by atoms with E-state index in [-0.39, 0.29) is 30.7 Å². The molecule has 1 fully saturated rings. The Hall–Kier alpha value is -0.0300. The number of likely N-dealkylation sites (tertiary alicyclic amines) is 1. The average Bonchev–Trinajstić information content (AvgIpc) is 2.36. The van der Waals surface area contributed by atoms with Crippen LogP contribution in [0.3, 0.4) is 0 Å². The minimum absolute atomic E-state index is 0. The first-order valence-electron chi connectivity index (χ1n) is 7.41. The highest BCUT2D eigenvalue weighted by atomic mass is 35.5. The summed E-state index contributed by atoms with van der Waals surface area (Å²) in [6.07, 6.45) is 6.35. The molecule has 0 saturated carbocycles. The normalized spacial score (nSPS) is 18.8. The summed E-state index contributed by atoms with van der Waals surface area (Å²) >= 11 is 0. The molecular weight excluding hydrogens is 297 g/mol. The van der Waals surface area contributed by atoms with E-state index in [0.29, 0.717) is 13.0 Å². The fourth-order valence-corrected chi connectivity index (χ4v) is 2.53. The van der Waals surface area contributed by atoms with E-state index in [4.69, 9.17) is 5.73 Å². The van der Waals surface area contributed by atoms with Gasteiger partial charge in [-0.2, -0.15) is 0 Å². The highest BCUT2D eigenvalue weighted by Gasteiger charge is 2.15. The van der Waals surface area contributed by atoms with Crippen LogP contribution in [0.1, 0.15) is 45.4 Å². The largest absolute Gasteiger partial charge is 0.356 e. The number of nitrogens with one attached hydrogen (secondary N) is 1. The number of rotatable bonds is 8. The van der Waals surface area contributed by atoms with Gasteiger partial charge in [-0.05, 0) is 57.7 Å². The molecule has 0 aromatic carbocycles. The van der Waals surface area contributed by atoms with Gasteiger partial charge in [0.25, 0.3) is 0 Å². The first kappa shape index (κ1) is 22.3. The first-order chi connectivity index (χ1) is 8.72. The number of amides is 1. The van der Waals surface area contributed by atoms with Crippen molar-refractivity contribution in [3.8, 4) is 0 Å². The van der Waals surface area contributed by atoms with Crippen molar-refractivity contribution in [3.63, 3.8) is 0 Å². The van der Waals surface area contributed by atoms with Crippen molar-refractivity contribution in [2.24, 2.45) is 11.7 Å². The monoisotopic (exact) mass is 327 g/mol. The number of piperidine rings is 1. The third kappa shape index (κ3) is 10.7. The molecule has 0 aliphatic carbocycles. The molecular formula is C14H31Cl2N3O. The Balaban J connectivity index is 0. The summed E-state index contributed by atoms with van der Waals surface area (Å²) in [5.41, 5.74) is 5.36. The predicted molar refractivity (Wildman–Crippen MR) is 89.9 cm³/mol. The molecule has 1 rings (SSSR count). The maximum absolute atomic E-state index is 11.3. The molecule has 0 spiro atoms. The summed E-state index contributed by atoms with van der Waals surface area (Å²) in [5.74, 6) is 1.00. The Morgan fingerprint density at radius 3 is 2.70 bits per heavy atom. The Morgan fingerprint density at radius 2 is 2.05 bits per heavy atom. The predicted octanol–water partition coefficient (Wildman–Crippen LogP) is 2.20. The second-order valence-corrected chi connectivity index (χ2v) is 5.50. The van der Waals surface area contributed by atoms with Gasteiger partial charge >= 0.3 is 0 Å². The molecule has 1 saturated heterocycles. The Labute approximate surface area is 136 Å². The summed E-state index contributed by atoms with van der Waals surface area (Å²) in [4.78, 5) is 13.9.